The Hall–Kier alpha value is -0.300. The molecule has 1 aliphatic heterocycles. The third-order valence-electron chi connectivity index (χ3n) is 5.07. The fraction of sp³-hybridized carbons (Fsp3) is 0.867. The van der Waals surface area contributed by atoms with Crippen molar-refractivity contribution in [3.63, 3.8) is 0 Å². The van der Waals surface area contributed by atoms with E-state index < -0.39 is 0 Å². The van der Waals surface area contributed by atoms with Crippen LogP contribution in [0.4, 0.5) is 0 Å². The van der Waals surface area contributed by atoms with Crippen LogP contribution in [0.15, 0.2) is 12.2 Å². The first-order valence-corrected chi connectivity index (χ1v) is 7.29. The van der Waals surface area contributed by atoms with Crippen LogP contribution >= 0.6 is 0 Å². The van der Waals surface area contributed by atoms with Crippen molar-refractivity contribution in [2.75, 3.05) is 19.6 Å². The molecule has 1 saturated carbocycles. The van der Waals surface area contributed by atoms with Crippen molar-refractivity contribution in [1.29, 1.82) is 0 Å². The van der Waals surface area contributed by atoms with E-state index >= 15 is 0 Å². The van der Waals surface area contributed by atoms with E-state index in [1.165, 1.54) is 51.7 Å². The van der Waals surface area contributed by atoms with Gasteiger partial charge in [-0.25, -0.2) is 0 Å². The van der Waals surface area contributed by atoms with Crippen molar-refractivity contribution in [2.45, 2.75) is 39.0 Å². The molecule has 0 spiro atoms. The zero-order valence-electron chi connectivity index (χ0n) is 10.6. The summed E-state index contributed by atoms with van der Waals surface area (Å²) in [6.07, 6.45) is 12.1. The largest absolute Gasteiger partial charge is 0.303 e. The summed E-state index contributed by atoms with van der Waals surface area (Å²) >= 11 is 0. The summed E-state index contributed by atoms with van der Waals surface area (Å²) in [5.41, 5.74) is 0. The van der Waals surface area contributed by atoms with Crippen molar-refractivity contribution < 1.29 is 0 Å². The Kier molecular flexibility index (Phi) is 3.06. The van der Waals surface area contributed by atoms with Crippen LogP contribution in [0.25, 0.3) is 0 Å². The maximum Gasteiger partial charge on any atom is 0.00188 e. The number of hydrogen-bond acceptors (Lipinski definition) is 1. The van der Waals surface area contributed by atoms with Gasteiger partial charge in [0, 0.05) is 13.1 Å². The van der Waals surface area contributed by atoms with Crippen LogP contribution in [-0.2, 0) is 0 Å². The molecule has 2 fully saturated rings. The molecule has 90 valence electrons. The molecule has 1 nitrogen and oxygen atoms in total. The van der Waals surface area contributed by atoms with Gasteiger partial charge in [-0.15, -0.1) is 0 Å². The molecule has 1 heteroatoms. The van der Waals surface area contributed by atoms with Gasteiger partial charge >= 0.3 is 0 Å². The molecule has 2 bridgehead atoms. The molecule has 0 radical (unpaired) electrons. The number of allylic oxidation sites excluding steroid dienone is 2. The van der Waals surface area contributed by atoms with E-state index in [0.29, 0.717) is 0 Å². The van der Waals surface area contributed by atoms with Gasteiger partial charge in [0.05, 0.1) is 0 Å². The topological polar surface area (TPSA) is 3.24 Å². The summed E-state index contributed by atoms with van der Waals surface area (Å²) in [6.45, 7) is 6.47. The number of unbranched alkanes of at least 4 members (excludes halogenated alkanes) is 3. The Morgan fingerprint density at radius 1 is 1.00 bits per heavy atom. The minimum Gasteiger partial charge on any atom is -0.303 e. The highest BCUT2D eigenvalue weighted by atomic mass is 15.2. The molecule has 1 heterocycles. The van der Waals surface area contributed by atoms with Gasteiger partial charge in [-0.2, -0.15) is 0 Å². The van der Waals surface area contributed by atoms with Crippen molar-refractivity contribution in [1.82, 2.24) is 4.90 Å². The van der Waals surface area contributed by atoms with Gasteiger partial charge in [-0.05, 0) is 43.1 Å². The van der Waals surface area contributed by atoms with Crippen molar-refractivity contribution in [3.05, 3.63) is 12.2 Å². The normalized spacial score (nSPS) is 40.8. The Morgan fingerprint density at radius 3 is 2.31 bits per heavy atom. The zero-order valence-corrected chi connectivity index (χ0v) is 10.6. The first-order valence-electron chi connectivity index (χ1n) is 7.29. The third-order valence-corrected chi connectivity index (χ3v) is 5.07. The second-order valence-electron chi connectivity index (χ2n) is 6.10. The summed E-state index contributed by atoms with van der Waals surface area (Å²) in [7, 11) is 0. The van der Waals surface area contributed by atoms with Gasteiger partial charge in [0.15, 0.2) is 0 Å². The van der Waals surface area contributed by atoms with Crippen molar-refractivity contribution in [2.24, 2.45) is 23.7 Å². The van der Waals surface area contributed by atoms with Gasteiger partial charge in [0.1, 0.15) is 0 Å². The summed E-state index contributed by atoms with van der Waals surface area (Å²) in [6, 6.07) is 0. The van der Waals surface area contributed by atoms with Crippen molar-refractivity contribution in [3.8, 4) is 0 Å². The van der Waals surface area contributed by atoms with Crippen LogP contribution in [0.3, 0.4) is 0 Å². The summed E-state index contributed by atoms with van der Waals surface area (Å²) < 4.78 is 0. The molecule has 0 aromatic carbocycles. The lowest BCUT2D eigenvalue weighted by Crippen LogP contribution is -2.24. The molecule has 0 N–H and O–H groups in total. The Bertz CT molecular complexity index is 251. The number of fused-ring (bicyclic) bond motifs is 5. The minimum atomic E-state index is 0.954. The standard InChI is InChI=1S/C15H25N/c1-2-3-4-5-8-16-10-14-12-6-7-13(9-12)15(14)11-16/h6-7,12-15H,2-5,8-11H2,1H3/t12-,13-,14-,15+/m0/s1. The second kappa shape index (κ2) is 4.52. The third kappa shape index (κ3) is 1.84. The van der Waals surface area contributed by atoms with E-state index in [1.54, 1.807) is 0 Å². The zero-order chi connectivity index (χ0) is 11.0. The van der Waals surface area contributed by atoms with E-state index in [1.807, 2.05) is 0 Å². The van der Waals surface area contributed by atoms with Crippen LogP contribution in [0.1, 0.15) is 39.0 Å². The lowest BCUT2D eigenvalue weighted by Gasteiger charge is -2.17. The molecule has 2 aliphatic carbocycles. The number of nitrogens with zero attached hydrogens (tertiary/aromatic N) is 1. The van der Waals surface area contributed by atoms with Gasteiger partial charge < -0.3 is 4.90 Å². The lowest BCUT2D eigenvalue weighted by atomic mass is 9.86. The molecule has 0 aromatic rings. The Balaban J connectivity index is 1.45. The molecule has 0 aromatic heterocycles. The molecule has 4 atom stereocenters. The van der Waals surface area contributed by atoms with E-state index in [4.69, 9.17) is 0 Å². The molecule has 1 saturated heterocycles. The van der Waals surface area contributed by atoms with E-state index in [-0.39, 0.29) is 0 Å². The Morgan fingerprint density at radius 2 is 1.69 bits per heavy atom. The highest BCUT2D eigenvalue weighted by Gasteiger charge is 2.48. The molecule has 0 amide bonds. The SMILES string of the molecule is CCCCCCN1C[C@@H]2[C@H](C1)[C@H]1C=C[C@H]2C1. The fourth-order valence-corrected chi connectivity index (χ4v) is 4.18. The summed E-state index contributed by atoms with van der Waals surface area (Å²) in [5.74, 6) is 3.97. The summed E-state index contributed by atoms with van der Waals surface area (Å²) in [4.78, 5) is 2.75. The van der Waals surface area contributed by atoms with E-state index in [2.05, 4.69) is 24.0 Å². The predicted molar refractivity (Wildman–Crippen MR) is 68.3 cm³/mol. The second-order valence-corrected chi connectivity index (χ2v) is 6.10. The average molecular weight is 219 g/mol. The van der Waals surface area contributed by atoms with Crippen LogP contribution in [0.2, 0.25) is 0 Å². The van der Waals surface area contributed by atoms with Crippen LogP contribution in [0, 0.1) is 23.7 Å². The quantitative estimate of drug-likeness (QED) is 0.506. The first-order chi connectivity index (χ1) is 7.88. The minimum absolute atomic E-state index is 0.954. The van der Waals surface area contributed by atoms with E-state index in [9.17, 15) is 0 Å². The van der Waals surface area contributed by atoms with Crippen molar-refractivity contribution >= 4 is 0 Å². The van der Waals surface area contributed by atoms with E-state index in [0.717, 1.165) is 23.7 Å². The Labute approximate surface area is 99.9 Å². The number of likely N-dealkylation sites (tertiary alicyclic amines) is 1. The molecule has 0 unspecified atom stereocenters. The highest BCUT2D eigenvalue weighted by Crippen LogP contribution is 2.51. The molecule has 16 heavy (non-hydrogen) atoms. The average Bonchev–Trinajstić information content (AvgIpc) is 2.95. The fourth-order valence-electron chi connectivity index (χ4n) is 4.18. The number of rotatable bonds is 5. The number of hydrogen-bond donors (Lipinski definition) is 0. The van der Waals surface area contributed by atoms with Gasteiger partial charge in [-0.3, -0.25) is 0 Å². The van der Waals surface area contributed by atoms with Gasteiger partial charge in [0.2, 0.25) is 0 Å². The van der Waals surface area contributed by atoms with Crippen LogP contribution in [-0.4, -0.2) is 24.5 Å². The smallest absolute Gasteiger partial charge is 0.00188 e. The molecule has 3 aliphatic rings. The van der Waals surface area contributed by atoms with Gasteiger partial charge in [0.25, 0.3) is 0 Å². The summed E-state index contributed by atoms with van der Waals surface area (Å²) in [5, 5.41) is 0. The predicted octanol–water partition coefficient (Wildman–Crippen LogP) is 3.32. The maximum absolute atomic E-state index is 2.75. The lowest BCUT2D eigenvalue weighted by molar-refractivity contribution is 0.291. The molecule has 3 rings (SSSR count). The highest BCUT2D eigenvalue weighted by molar-refractivity contribution is 5.16. The maximum atomic E-state index is 2.75. The van der Waals surface area contributed by atoms with Crippen LogP contribution < -0.4 is 0 Å². The molecular formula is C15H25N. The monoisotopic (exact) mass is 219 g/mol. The van der Waals surface area contributed by atoms with Crippen LogP contribution in [0.5, 0.6) is 0 Å². The van der Waals surface area contributed by atoms with Gasteiger partial charge in [-0.1, -0.05) is 38.3 Å². The first kappa shape index (κ1) is 10.8. The molecular weight excluding hydrogens is 194 g/mol.